The Balaban J connectivity index is 1.09. The van der Waals surface area contributed by atoms with E-state index < -0.39 is 5.97 Å². The molecule has 0 aliphatic carbocycles. The highest BCUT2D eigenvalue weighted by atomic mass is 35.5. The van der Waals surface area contributed by atoms with E-state index >= 15 is 0 Å². The monoisotopic (exact) mass is 695 g/mol. The van der Waals surface area contributed by atoms with Gasteiger partial charge in [-0.2, -0.15) is 0 Å². The average Bonchev–Trinajstić information content (AvgIpc) is 3.72. The maximum absolute atomic E-state index is 11.1. The molecular weight excluding hydrogens is 654 g/mol. The number of ether oxygens (including phenoxy) is 2. The first-order valence-corrected chi connectivity index (χ1v) is 17.5. The molecule has 260 valence electrons. The number of carboxylic acids is 1. The first kappa shape index (κ1) is 34.1. The van der Waals surface area contributed by atoms with Crippen LogP contribution in [0.3, 0.4) is 0 Å². The van der Waals surface area contributed by atoms with E-state index in [0.717, 1.165) is 80.9 Å². The number of aliphatic carboxylic acids is 1. The first-order valence-electron chi connectivity index (χ1n) is 17.1. The van der Waals surface area contributed by atoms with Gasteiger partial charge in [-0.1, -0.05) is 48.0 Å². The van der Waals surface area contributed by atoms with Gasteiger partial charge in [0.1, 0.15) is 23.6 Å². The Morgan fingerprint density at radius 3 is 2.60 bits per heavy atom. The Kier molecular flexibility index (Phi) is 9.84. The molecule has 1 fully saturated rings. The number of aliphatic hydroxyl groups is 1. The third kappa shape index (κ3) is 7.09. The molecule has 1 unspecified atom stereocenters. The molecule has 2 aliphatic heterocycles. The summed E-state index contributed by atoms with van der Waals surface area (Å²) in [6.07, 6.45) is 1.43. The van der Waals surface area contributed by atoms with Crippen molar-refractivity contribution in [2.75, 3.05) is 33.3 Å². The van der Waals surface area contributed by atoms with Crippen molar-refractivity contribution in [2.24, 2.45) is 0 Å². The maximum Gasteiger partial charge on any atom is 0.304 e. The van der Waals surface area contributed by atoms with Gasteiger partial charge >= 0.3 is 5.97 Å². The van der Waals surface area contributed by atoms with Crippen LogP contribution in [0.4, 0.5) is 0 Å². The number of carbonyl (C=O) groups is 1. The van der Waals surface area contributed by atoms with Crippen LogP contribution in [-0.2, 0) is 17.9 Å². The lowest BCUT2D eigenvalue weighted by Gasteiger charge is -2.33. The summed E-state index contributed by atoms with van der Waals surface area (Å²) < 4.78 is 18.6. The van der Waals surface area contributed by atoms with Gasteiger partial charge in [0.2, 0.25) is 5.89 Å². The minimum Gasteiger partial charge on any atom is -0.493 e. The van der Waals surface area contributed by atoms with Crippen LogP contribution in [0.2, 0.25) is 5.02 Å². The van der Waals surface area contributed by atoms with Crippen molar-refractivity contribution in [3.63, 3.8) is 0 Å². The lowest BCUT2D eigenvalue weighted by molar-refractivity contribution is -0.137. The zero-order valence-corrected chi connectivity index (χ0v) is 29.4. The summed E-state index contributed by atoms with van der Waals surface area (Å²) in [5.41, 5.74) is 9.73. The molecule has 7 rings (SSSR count). The quantitative estimate of drug-likeness (QED) is 0.143. The predicted octanol–water partition coefficient (Wildman–Crippen LogP) is 7.81. The van der Waals surface area contributed by atoms with Crippen LogP contribution in [0.25, 0.3) is 33.7 Å². The molecule has 2 atom stereocenters. The Bertz CT molecular complexity index is 2040. The number of likely N-dealkylation sites (tertiary alicyclic amines) is 1. The summed E-state index contributed by atoms with van der Waals surface area (Å²) in [7, 11) is 1.96. The summed E-state index contributed by atoms with van der Waals surface area (Å²) in [5.74, 6) is 1.23. The standard InChI is InChI=1S/C40H42ClN3O6/c1-24-27(23-49-29-10-11-33-36(14-17-48-37(33)20-29)43(3)15-13-38(46)47)6-4-7-30(24)31-8-5-9-32(25(31)2)40-42-35-19-26(18-34(41)39(35)50-40)21-44-16-12-28(45)22-44/h4-11,18-20,28,36,45H,12-17,21-23H2,1-3H3,(H,46,47)/t28-,36?/m1/s1. The Hall–Kier alpha value is -4.41. The Labute approximate surface area is 297 Å². The lowest BCUT2D eigenvalue weighted by atomic mass is 9.91. The largest absolute Gasteiger partial charge is 0.493 e. The fourth-order valence-electron chi connectivity index (χ4n) is 7.25. The number of hydrogen-bond acceptors (Lipinski definition) is 8. The predicted molar refractivity (Wildman–Crippen MR) is 194 cm³/mol. The highest BCUT2D eigenvalue weighted by molar-refractivity contribution is 6.34. The van der Waals surface area contributed by atoms with Gasteiger partial charge in [-0.15, -0.1) is 0 Å². The smallest absolute Gasteiger partial charge is 0.304 e. The van der Waals surface area contributed by atoms with E-state index in [-0.39, 0.29) is 18.6 Å². The summed E-state index contributed by atoms with van der Waals surface area (Å²) in [5, 5.41) is 19.6. The molecule has 9 nitrogen and oxygen atoms in total. The molecule has 3 heterocycles. The van der Waals surface area contributed by atoms with Crippen molar-refractivity contribution in [3.8, 4) is 34.1 Å². The number of nitrogens with zero attached hydrogens (tertiary/aromatic N) is 3. The van der Waals surface area contributed by atoms with E-state index in [0.29, 0.717) is 49.3 Å². The number of halogens is 1. The number of aliphatic hydroxyl groups excluding tert-OH is 1. The second kappa shape index (κ2) is 14.4. The van der Waals surface area contributed by atoms with Crippen LogP contribution in [0, 0.1) is 13.8 Å². The summed E-state index contributed by atoms with van der Waals surface area (Å²) >= 11 is 6.69. The molecule has 0 bridgehead atoms. The topological polar surface area (TPSA) is 108 Å². The van der Waals surface area contributed by atoms with Gasteiger partial charge in [0.25, 0.3) is 0 Å². The fraction of sp³-hybridized carbons (Fsp3) is 0.350. The molecule has 0 spiro atoms. The second-order valence-corrected chi connectivity index (χ2v) is 13.9. The van der Waals surface area contributed by atoms with Crippen LogP contribution in [0.5, 0.6) is 11.5 Å². The van der Waals surface area contributed by atoms with Gasteiger partial charge in [0, 0.05) is 55.8 Å². The zero-order chi connectivity index (χ0) is 34.9. The third-order valence-electron chi connectivity index (χ3n) is 10.1. The second-order valence-electron chi connectivity index (χ2n) is 13.5. The average molecular weight is 696 g/mol. The number of hydrogen-bond donors (Lipinski definition) is 2. The molecule has 2 N–H and O–H groups in total. The van der Waals surface area contributed by atoms with Crippen molar-refractivity contribution in [3.05, 3.63) is 99.6 Å². The van der Waals surface area contributed by atoms with E-state index in [1.807, 2.05) is 49.5 Å². The SMILES string of the molecule is Cc1c(COc2ccc3c(c2)OCCC3N(C)CCC(=O)O)cccc1-c1cccc(-c2nc3cc(CN4CC[C@@H](O)C4)cc(Cl)c3o2)c1C. The summed E-state index contributed by atoms with van der Waals surface area (Å²) in [6, 6.07) is 22.4. The first-order chi connectivity index (χ1) is 24.1. The van der Waals surface area contributed by atoms with Gasteiger partial charge in [-0.3, -0.25) is 14.6 Å². The van der Waals surface area contributed by atoms with Gasteiger partial charge in [0.05, 0.1) is 24.2 Å². The fourth-order valence-corrected chi connectivity index (χ4v) is 7.52. The van der Waals surface area contributed by atoms with Crippen molar-refractivity contribution < 1.29 is 28.9 Å². The molecule has 4 aromatic carbocycles. The van der Waals surface area contributed by atoms with E-state index in [1.165, 1.54) is 0 Å². The van der Waals surface area contributed by atoms with Gasteiger partial charge in [0.15, 0.2) is 5.58 Å². The van der Waals surface area contributed by atoms with Crippen molar-refractivity contribution in [2.45, 2.75) is 58.4 Å². The number of oxazole rings is 1. The molecule has 0 saturated carbocycles. The van der Waals surface area contributed by atoms with Crippen molar-refractivity contribution >= 4 is 28.7 Å². The van der Waals surface area contributed by atoms with Gasteiger partial charge in [-0.25, -0.2) is 4.98 Å². The number of carboxylic acid groups (broad SMARTS) is 1. The number of aromatic nitrogens is 1. The van der Waals surface area contributed by atoms with Crippen LogP contribution in [0.1, 0.15) is 53.1 Å². The van der Waals surface area contributed by atoms with E-state index in [2.05, 4.69) is 47.9 Å². The lowest BCUT2D eigenvalue weighted by Crippen LogP contribution is -2.31. The maximum atomic E-state index is 11.1. The summed E-state index contributed by atoms with van der Waals surface area (Å²) in [6.45, 7) is 7.88. The van der Waals surface area contributed by atoms with E-state index in [1.54, 1.807) is 0 Å². The van der Waals surface area contributed by atoms with Crippen molar-refractivity contribution in [1.82, 2.24) is 14.8 Å². The van der Waals surface area contributed by atoms with Crippen LogP contribution < -0.4 is 9.47 Å². The normalized spacial score (nSPS) is 17.6. The van der Waals surface area contributed by atoms with Gasteiger partial charge in [-0.05, 0) is 85.0 Å². The number of β-amino-alcohol motifs (C(OH)–C–C–N with tert-alkyl or cyclic N) is 1. The highest BCUT2D eigenvalue weighted by Crippen LogP contribution is 2.39. The van der Waals surface area contributed by atoms with Crippen LogP contribution in [-0.4, -0.2) is 70.4 Å². The van der Waals surface area contributed by atoms with Crippen LogP contribution >= 0.6 is 11.6 Å². The molecule has 5 aromatic rings. The third-order valence-corrected chi connectivity index (χ3v) is 10.3. The molecule has 2 aliphatic rings. The number of fused-ring (bicyclic) bond motifs is 2. The molecule has 1 saturated heterocycles. The molecule has 0 amide bonds. The van der Waals surface area contributed by atoms with E-state index in [4.69, 9.17) is 35.6 Å². The number of rotatable bonds is 11. The zero-order valence-electron chi connectivity index (χ0n) is 28.6. The van der Waals surface area contributed by atoms with E-state index in [9.17, 15) is 9.90 Å². The minimum atomic E-state index is -0.797. The molecule has 0 radical (unpaired) electrons. The minimum absolute atomic E-state index is 0.102. The highest BCUT2D eigenvalue weighted by Gasteiger charge is 2.26. The Morgan fingerprint density at radius 2 is 1.82 bits per heavy atom. The molecule has 1 aromatic heterocycles. The van der Waals surface area contributed by atoms with Crippen LogP contribution in [0.15, 0.2) is 71.1 Å². The number of benzene rings is 4. The Morgan fingerprint density at radius 1 is 1.04 bits per heavy atom. The van der Waals surface area contributed by atoms with Gasteiger partial charge < -0.3 is 24.1 Å². The summed E-state index contributed by atoms with van der Waals surface area (Å²) in [4.78, 5) is 20.3. The molecular formula is C40H42ClN3O6. The van der Waals surface area contributed by atoms with Crippen molar-refractivity contribution in [1.29, 1.82) is 0 Å². The molecule has 50 heavy (non-hydrogen) atoms. The molecule has 10 heteroatoms.